The van der Waals surface area contributed by atoms with E-state index in [0.717, 1.165) is 18.3 Å². The van der Waals surface area contributed by atoms with Gasteiger partial charge in [0.15, 0.2) is 0 Å². The van der Waals surface area contributed by atoms with Crippen LogP contribution in [0.25, 0.3) is 0 Å². The Morgan fingerprint density at radius 3 is 2.44 bits per heavy atom. The van der Waals surface area contributed by atoms with Crippen LogP contribution in [0.15, 0.2) is 0 Å². The Bertz CT molecular complexity index is 317. The Labute approximate surface area is 104 Å². The third-order valence-corrected chi connectivity index (χ3v) is 5.70. The molecular formula is C12H18BrNO2. The fraction of sp³-hybridized carbons (Fsp3) is 0.917. The lowest BCUT2D eigenvalue weighted by Crippen LogP contribution is -2.53. The first-order valence-electron chi connectivity index (χ1n) is 6.14. The van der Waals surface area contributed by atoms with Crippen LogP contribution in [0.5, 0.6) is 0 Å². The number of amides is 1. The van der Waals surface area contributed by atoms with E-state index in [2.05, 4.69) is 15.9 Å². The molecule has 0 spiro atoms. The maximum absolute atomic E-state index is 11.4. The number of hydroxylamine groups is 1. The maximum atomic E-state index is 11.4. The molecule has 0 heterocycles. The Kier molecular flexibility index (Phi) is 2.38. The molecule has 0 aromatic heterocycles. The molecule has 4 heteroatoms. The molecule has 0 radical (unpaired) electrons. The van der Waals surface area contributed by atoms with Crippen LogP contribution in [0, 0.1) is 17.3 Å². The summed E-state index contributed by atoms with van der Waals surface area (Å²) in [6.45, 7) is 0. The highest BCUT2D eigenvalue weighted by molar-refractivity contribution is 9.10. The lowest BCUT2D eigenvalue weighted by molar-refractivity contribution is -0.136. The van der Waals surface area contributed by atoms with Gasteiger partial charge in [-0.05, 0) is 55.8 Å². The van der Waals surface area contributed by atoms with Gasteiger partial charge in [-0.1, -0.05) is 15.9 Å². The largest absolute Gasteiger partial charge is 0.289 e. The molecule has 0 aliphatic heterocycles. The first-order valence-corrected chi connectivity index (χ1v) is 6.94. The first-order chi connectivity index (χ1) is 7.53. The molecule has 0 saturated heterocycles. The molecule has 2 unspecified atom stereocenters. The van der Waals surface area contributed by atoms with Crippen LogP contribution in [0.1, 0.15) is 44.9 Å². The van der Waals surface area contributed by atoms with Gasteiger partial charge in [-0.2, -0.15) is 0 Å². The third kappa shape index (κ3) is 1.70. The van der Waals surface area contributed by atoms with E-state index in [1.807, 2.05) is 0 Å². The molecule has 1 amide bonds. The van der Waals surface area contributed by atoms with E-state index >= 15 is 0 Å². The third-order valence-electron chi connectivity index (χ3n) is 4.77. The molecule has 0 aromatic rings. The van der Waals surface area contributed by atoms with Crippen molar-refractivity contribution in [2.24, 2.45) is 17.3 Å². The van der Waals surface area contributed by atoms with Crippen molar-refractivity contribution >= 4 is 21.8 Å². The van der Waals surface area contributed by atoms with Crippen molar-refractivity contribution in [3.05, 3.63) is 0 Å². The molecule has 4 aliphatic carbocycles. The maximum Gasteiger partial charge on any atom is 0.243 e. The molecule has 2 N–H and O–H groups in total. The van der Waals surface area contributed by atoms with Gasteiger partial charge in [0.05, 0.1) is 0 Å². The highest BCUT2D eigenvalue weighted by Gasteiger charge is 2.57. The highest BCUT2D eigenvalue weighted by atomic mass is 79.9. The van der Waals surface area contributed by atoms with Crippen molar-refractivity contribution in [2.75, 3.05) is 0 Å². The SMILES string of the molecule is O=C(CC12CC3CC(CC(Br)(C3)C1)C2)NO. The lowest BCUT2D eigenvalue weighted by Gasteiger charge is -2.60. The van der Waals surface area contributed by atoms with Gasteiger partial charge in [-0.15, -0.1) is 0 Å². The summed E-state index contributed by atoms with van der Waals surface area (Å²) >= 11 is 3.91. The minimum absolute atomic E-state index is 0.167. The summed E-state index contributed by atoms with van der Waals surface area (Å²) in [6, 6.07) is 0. The Balaban J connectivity index is 1.83. The molecule has 4 saturated carbocycles. The van der Waals surface area contributed by atoms with E-state index in [9.17, 15) is 4.79 Å². The Hall–Kier alpha value is -0.0900. The normalized spacial score (nSPS) is 49.4. The van der Waals surface area contributed by atoms with Gasteiger partial charge in [0.1, 0.15) is 0 Å². The van der Waals surface area contributed by atoms with Crippen LogP contribution >= 0.6 is 15.9 Å². The van der Waals surface area contributed by atoms with Gasteiger partial charge in [0.25, 0.3) is 0 Å². The standard InChI is InChI=1S/C12H18BrNO2/c13-12-4-8-1-9(5-12)3-11(2-8,7-12)6-10(15)14-16/h8-9,16H,1-7H2,(H,14,15). The summed E-state index contributed by atoms with van der Waals surface area (Å²) in [7, 11) is 0. The molecule has 4 bridgehead atoms. The highest BCUT2D eigenvalue weighted by Crippen LogP contribution is 2.65. The zero-order valence-corrected chi connectivity index (χ0v) is 10.9. The van der Waals surface area contributed by atoms with Crippen molar-refractivity contribution in [2.45, 2.75) is 49.3 Å². The van der Waals surface area contributed by atoms with Gasteiger partial charge >= 0.3 is 0 Å². The molecule has 4 aliphatic rings. The van der Waals surface area contributed by atoms with Crippen LogP contribution < -0.4 is 5.48 Å². The molecular weight excluding hydrogens is 270 g/mol. The number of halogens is 1. The van der Waals surface area contributed by atoms with Gasteiger partial charge in [0, 0.05) is 10.7 Å². The predicted octanol–water partition coefficient (Wildman–Crippen LogP) is 2.62. The van der Waals surface area contributed by atoms with Crippen molar-refractivity contribution in [1.82, 2.24) is 5.48 Å². The Morgan fingerprint density at radius 1 is 1.31 bits per heavy atom. The van der Waals surface area contributed by atoms with Crippen LogP contribution in [-0.2, 0) is 4.79 Å². The summed E-state index contributed by atoms with van der Waals surface area (Å²) in [6.07, 6.45) is 7.91. The Morgan fingerprint density at radius 2 is 1.94 bits per heavy atom. The van der Waals surface area contributed by atoms with Crippen LogP contribution in [0.4, 0.5) is 0 Å². The number of alkyl halides is 1. The van der Waals surface area contributed by atoms with Crippen molar-refractivity contribution < 1.29 is 10.0 Å². The topological polar surface area (TPSA) is 49.3 Å². The second-order valence-electron chi connectivity index (χ2n) is 6.32. The molecule has 2 atom stereocenters. The quantitative estimate of drug-likeness (QED) is 0.466. The molecule has 3 nitrogen and oxygen atoms in total. The van der Waals surface area contributed by atoms with E-state index < -0.39 is 0 Å². The minimum Gasteiger partial charge on any atom is -0.289 e. The van der Waals surface area contributed by atoms with E-state index in [0.29, 0.717) is 10.7 Å². The first kappa shape index (κ1) is 11.0. The molecule has 16 heavy (non-hydrogen) atoms. The summed E-state index contributed by atoms with van der Waals surface area (Å²) in [5.41, 5.74) is 1.97. The summed E-state index contributed by atoms with van der Waals surface area (Å²) in [5, 5.41) is 8.69. The molecule has 4 rings (SSSR count). The van der Waals surface area contributed by atoms with Crippen molar-refractivity contribution in [1.29, 1.82) is 0 Å². The van der Waals surface area contributed by atoms with Gasteiger partial charge in [-0.3, -0.25) is 10.0 Å². The second kappa shape index (κ2) is 3.45. The number of nitrogens with one attached hydrogen (secondary N) is 1. The lowest BCUT2D eigenvalue weighted by atomic mass is 9.48. The minimum atomic E-state index is -0.210. The smallest absolute Gasteiger partial charge is 0.243 e. The zero-order valence-electron chi connectivity index (χ0n) is 9.34. The fourth-order valence-corrected chi connectivity index (χ4v) is 6.43. The summed E-state index contributed by atoms with van der Waals surface area (Å²) in [4.78, 5) is 11.4. The van der Waals surface area contributed by atoms with Gasteiger partial charge in [0.2, 0.25) is 5.91 Å². The summed E-state index contributed by atoms with van der Waals surface area (Å²) in [5.74, 6) is 1.39. The van der Waals surface area contributed by atoms with Crippen LogP contribution in [-0.4, -0.2) is 15.4 Å². The van der Waals surface area contributed by atoms with E-state index in [1.165, 1.54) is 32.1 Å². The number of carbonyl (C=O) groups is 1. The predicted molar refractivity (Wildman–Crippen MR) is 63.3 cm³/mol. The second-order valence-corrected chi connectivity index (χ2v) is 8.01. The zero-order chi connectivity index (χ0) is 11.4. The molecule has 90 valence electrons. The van der Waals surface area contributed by atoms with Crippen molar-refractivity contribution in [3.8, 4) is 0 Å². The number of rotatable bonds is 2. The number of hydrogen-bond donors (Lipinski definition) is 2. The van der Waals surface area contributed by atoms with Gasteiger partial charge < -0.3 is 0 Å². The van der Waals surface area contributed by atoms with Gasteiger partial charge in [-0.25, -0.2) is 5.48 Å². The fourth-order valence-electron chi connectivity index (χ4n) is 4.92. The number of hydrogen-bond acceptors (Lipinski definition) is 2. The van der Waals surface area contributed by atoms with Crippen LogP contribution in [0.3, 0.4) is 0 Å². The van der Waals surface area contributed by atoms with Crippen LogP contribution in [0.2, 0.25) is 0 Å². The number of carbonyl (C=O) groups excluding carboxylic acids is 1. The van der Waals surface area contributed by atoms with Crippen molar-refractivity contribution in [3.63, 3.8) is 0 Å². The summed E-state index contributed by atoms with van der Waals surface area (Å²) < 4.78 is 0.298. The van der Waals surface area contributed by atoms with E-state index in [1.54, 1.807) is 5.48 Å². The average Bonchev–Trinajstić information content (AvgIpc) is 2.12. The van der Waals surface area contributed by atoms with E-state index in [4.69, 9.17) is 5.21 Å². The average molecular weight is 288 g/mol. The monoisotopic (exact) mass is 287 g/mol. The molecule has 0 aromatic carbocycles. The van der Waals surface area contributed by atoms with E-state index in [-0.39, 0.29) is 11.3 Å². The molecule has 4 fully saturated rings.